The molecule has 0 rings (SSSR count). The number of hydrogen-bond donors (Lipinski definition) is 2. The van der Waals surface area contributed by atoms with Gasteiger partial charge in [-0.3, -0.25) is 4.79 Å². The van der Waals surface area contributed by atoms with Crippen LogP contribution in [-0.2, 0) is 4.79 Å². The summed E-state index contributed by atoms with van der Waals surface area (Å²) in [4.78, 5) is 10.6. The molecule has 2 N–H and O–H groups in total. The number of rotatable bonds is 3. The minimum atomic E-state index is -0.604. The van der Waals surface area contributed by atoms with Crippen molar-refractivity contribution in [3.05, 3.63) is 0 Å². The average Bonchev–Trinajstić information content (AvgIpc) is 1.64. The summed E-state index contributed by atoms with van der Waals surface area (Å²) in [7, 11) is 1.65. The van der Waals surface area contributed by atoms with E-state index in [-0.39, 0.29) is 5.78 Å². The number of hydrogen-bond acceptors (Lipinski definition) is 3. The Labute approximate surface area is 55.1 Å². The highest BCUT2D eigenvalue weighted by atomic mass is 16.3. The Bertz CT molecular complexity index is 101. The van der Waals surface area contributed by atoms with Crippen molar-refractivity contribution in [3.8, 4) is 0 Å². The first-order valence-electron chi connectivity index (χ1n) is 2.95. The van der Waals surface area contributed by atoms with Gasteiger partial charge in [-0.2, -0.15) is 0 Å². The van der Waals surface area contributed by atoms with Crippen LogP contribution in [0.5, 0.6) is 0 Å². The first-order chi connectivity index (χ1) is 4.09. The van der Waals surface area contributed by atoms with E-state index in [2.05, 4.69) is 5.32 Å². The van der Waals surface area contributed by atoms with Gasteiger partial charge in [0.1, 0.15) is 5.78 Å². The van der Waals surface area contributed by atoms with E-state index in [1.807, 2.05) is 0 Å². The molecule has 0 heterocycles. The maximum Gasteiger partial charge on any atom is 0.149 e. The largest absolute Gasteiger partial charge is 0.391 e. The third-order valence-electron chi connectivity index (χ3n) is 1.23. The summed E-state index contributed by atoms with van der Waals surface area (Å²) in [6, 6.07) is -0.412. The fourth-order valence-electron chi connectivity index (χ4n) is 0.784. The van der Waals surface area contributed by atoms with Crippen LogP contribution in [0.4, 0.5) is 0 Å². The Kier molecular flexibility index (Phi) is 3.42. The summed E-state index contributed by atoms with van der Waals surface area (Å²) in [5.41, 5.74) is 0. The maximum absolute atomic E-state index is 10.6. The van der Waals surface area contributed by atoms with Gasteiger partial charge >= 0.3 is 0 Å². The third kappa shape index (κ3) is 2.58. The van der Waals surface area contributed by atoms with Gasteiger partial charge in [-0.15, -0.1) is 0 Å². The van der Waals surface area contributed by atoms with Gasteiger partial charge in [-0.1, -0.05) is 0 Å². The number of ketones is 1. The van der Waals surface area contributed by atoms with Crippen molar-refractivity contribution in [3.63, 3.8) is 0 Å². The van der Waals surface area contributed by atoms with Crippen molar-refractivity contribution in [1.82, 2.24) is 5.32 Å². The maximum atomic E-state index is 10.6. The first kappa shape index (κ1) is 8.59. The SMILES string of the molecule is CNC(C(C)=O)C(C)O. The highest BCUT2D eigenvalue weighted by Gasteiger charge is 2.16. The highest BCUT2D eigenvalue weighted by molar-refractivity contribution is 5.81. The fraction of sp³-hybridized carbons (Fsp3) is 0.833. The van der Waals surface area contributed by atoms with Crippen LogP contribution in [-0.4, -0.2) is 30.1 Å². The predicted octanol–water partition coefficient (Wildman–Crippen LogP) is -0.456. The number of Topliss-reactive ketones (excluding diaryl/α,β-unsaturated/α-hetero) is 1. The third-order valence-corrected chi connectivity index (χ3v) is 1.23. The molecule has 0 aromatic rings. The summed E-state index contributed by atoms with van der Waals surface area (Å²) < 4.78 is 0. The van der Waals surface area contributed by atoms with Crippen molar-refractivity contribution in [2.75, 3.05) is 7.05 Å². The first-order valence-corrected chi connectivity index (χ1v) is 2.95. The molecule has 3 nitrogen and oxygen atoms in total. The van der Waals surface area contributed by atoms with Gasteiger partial charge in [-0.25, -0.2) is 0 Å². The predicted molar refractivity (Wildman–Crippen MR) is 35.2 cm³/mol. The fourth-order valence-corrected chi connectivity index (χ4v) is 0.784. The zero-order valence-electron chi connectivity index (χ0n) is 6.01. The number of aliphatic hydroxyl groups is 1. The summed E-state index contributed by atoms with van der Waals surface area (Å²) in [6.45, 7) is 3.04. The number of carbonyl (C=O) groups is 1. The summed E-state index contributed by atoms with van der Waals surface area (Å²) in [6.07, 6.45) is -0.604. The minimum absolute atomic E-state index is 0.0347. The van der Waals surface area contributed by atoms with E-state index in [1.165, 1.54) is 6.92 Å². The van der Waals surface area contributed by atoms with Gasteiger partial charge in [0.2, 0.25) is 0 Å². The molecule has 0 spiro atoms. The van der Waals surface area contributed by atoms with Gasteiger partial charge in [0, 0.05) is 0 Å². The van der Waals surface area contributed by atoms with Gasteiger partial charge < -0.3 is 10.4 Å². The molecule has 0 aromatic heterocycles. The average molecular weight is 131 g/mol. The molecule has 0 aliphatic heterocycles. The smallest absolute Gasteiger partial charge is 0.149 e. The topological polar surface area (TPSA) is 49.3 Å². The lowest BCUT2D eigenvalue weighted by atomic mass is 10.1. The van der Waals surface area contributed by atoms with Crippen molar-refractivity contribution >= 4 is 5.78 Å². The van der Waals surface area contributed by atoms with Crippen LogP contribution in [0.15, 0.2) is 0 Å². The van der Waals surface area contributed by atoms with Crippen LogP contribution < -0.4 is 5.32 Å². The molecular formula is C6H13NO2. The Morgan fingerprint density at radius 1 is 1.67 bits per heavy atom. The highest BCUT2D eigenvalue weighted by Crippen LogP contribution is 1.91. The molecule has 0 aliphatic carbocycles. The monoisotopic (exact) mass is 131 g/mol. The second-order valence-corrected chi connectivity index (χ2v) is 2.12. The van der Waals surface area contributed by atoms with Gasteiger partial charge in [0.05, 0.1) is 12.1 Å². The van der Waals surface area contributed by atoms with E-state index in [1.54, 1.807) is 14.0 Å². The molecule has 0 radical (unpaired) electrons. The second-order valence-electron chi connectivity index (χ2n) is 2.12. The van der Waals surface area contributed by atoms with Crippen molar-refractivity contribution in [1.29, 1.82) is 0 Å². The molecule has 0 bridgehead atoms. The lowest BCUT2D eigenvalue weighted by Crippen LogP contribution is -2.41. The molecule has 0 aliphatic rings. The van der Waals surface area contributed by atoms with Crippen LogP contribution in [0.3, 0.4) is 0 Å². The Balaban J connectivity index is 3.83. The van der Waals surface area contributed by atoms with Crippen LogP contribution in [0.2, 0.25) is 0 Å². The standard InChI is InChI=1S/C6H13NO2/c1-4(8)6(7-3)5(2)9/h4,6-8H,1-3H3. The van der Waals surface area contributed by atoms with E-state index in [0.717, 1.165) is 0 Å². The van der Waals surface area contributed by atoms with E-state index in [0.29, 0.717) is 0 Å². The van der Waals surface area contributed by atoms with E-state index >= 15 is 0 Å². The van der Waals surface area contributed by atoms with E-state index in [9.17, 15) is 4.79 Å². The number of aliphatic hydroxyl groups excluding tert-OH is 1. The van der Waals surface area contributed by atoms with Crippen LogP contribution in [0.1, 0.15) is 13.8 Å². The van der Waals surface area contributed by atoms with E-state index < -0.39 is 12.1 Å². The van der Waals surface area contributed by atoms with Crippen molar-refractivity contribution in [2.45, 2.75) is 26.0 Å². The molecule has 3 heteroatoms. The number of likely N-dealkylation sites (N-methyl/N-ethyl adjacent to an activating group) is 1. The molecule has 2 unspecified atom stereocenters. The number of carbonyl (C=O) groups excluding carboxylic acids is 1. The minimum Gasteiger partial charge on any atom is -0.391 e. The Hall–Kier alpha value is -0.410. The second kappa shape index (κ2) is 3.58. The molecule has 2 atom stereocenters. The molecule has 0 saturated carbocycles. The number of nitrogens with one attached hydrogen (secondary N) is 1. The Morgan fingerprint density at radius 3 is 2.11 bits per heavy atom. The quantitative estimate of drug-likeness (QED) is 0.545. The molecule has 54 valence electrons. The Morgan fingerprint density at radius 2 is 2.11 bits per heavy atom. The zero-order valence-corrected chi connectivity index (χ0v) is 6.01. The molecule has 9 heavy (non-hydrogen) atoms. The van der Waals surface area contributed by atoms with Crippen molar-refractivity contribution in [2.24, 2.45) is 0 Å². The molecule has 0 fully saturated rings. The van der Waals surface area contributed by atoms with Crippen molar-refractivity contribution < 1.29 is 9.90 Å². The van der Waals surface area contributed by atoms with Crippen LogP contribution in [0, 0.1) is 0 Å². The molecular weight excluding hydrogens is 118 g/mol. The summed E-state index contributed by atoms with van der Waals surface area (Å²) in [5, 5.41) is 11.6. The summed E-state index contributed by atoms with van der Waals surface area (Å²) in [5.74, 6) is -0.0347. The van der Waals surface area contributed by atoms with Gasteiger partial charge in [0.15, 0.2) is 0 Å². The van der Waals surface area contributed by atoms with Crippen LogP contribution >= 0.6 is 0 Å². The lowest BCUT2D eigenvalue weighted by molar-refractivity contribution is -0.121. The summed E-state index contributed by atoms with van der Waals surface area (Å²) >= 11 is 0. The van der Waals surface area contributed by atoms with Gasteiger partial charge in [-0.05, 0) is 20.9 Å². The zero-order chi connectivity index (χ0) is 7.44. The molecule has 0 amide bonds. The molecule has 0 saturated heterocycles. The molecule has 0 aromatic carbocycles. The van der Waals surface area contributed by atoms with Crippen LogP contribution in [0.25, 0.3) is 0 Å². The normalized spacial score (nSPS) is 16.9. The lowest BCUT2D eigenvalue weighted by Gasteiger charge is -2.14. The van der Waals surface area contributed by atoms with E-state index in [4.69, 9.17) is 5.11 Å². The van der Waals surface area contributed by atoms with Gasteiger partial charge in [0.25, 0.3) is 0 Å².